The molecule has 16 heteroatoms. The van der Waals surface area contributed by atoms with Crippen LogP contribution in [0.5, 0.6) is 5.88 Å². The van der Waals surface area contributed by atoms with Crippen LogP contribution >= 0.6 is 0 Å². The SMILES string of the molecule is C[C@@H]1CCCC[C@@H]2C[C@@]2(C(=O)NS(=O)(=O)C2(CF)CC2)NC(=O)[C@@H]2C[C@@H](Oc3cnc4ccccc4n3)CN2C(=O)[C@@H](NC(=O)OC(C)(C)C)[C@H](C)C1. The summed E-state index contributed by atoms with van der Waals surface area (Å²) >= 11 is 0. The van der Waals surface area contributed by atoms with Gasteiger partial charge in [0.15, 0.2) is 0 Å². The molecule has 4 aliphatic rings. The van der Waals surface area contributed by atoms with Crippen LogP contribution in [-0.4, -0.2) is 94.4 Å². The molecule has 4 amide bonds. The van der Waals surface area contributed by atoms with Crippen molar-refractivity contribution in [3.63, 3.8) is 0 Å². The van der Waals surface area contributed by atoms with E-state index in [1.807, 2.05) is 25.1 Å². The van der Waals surface area contributed by atoms with Gasteiger partial charge in [0.2, 0.25) is 27.7 Å². The van der Waals surface area contributed by atoms with E-state index in [2.05, 4.69) is 32.2 Å². The molecule has 2 aliphatic carbocycles. The number of ether oxygens (including phenoxy) is 2. The number of alkyl carbamates (subject to hydrolysis) is 1. The number of benzene rings is 1. The first-order chi connectivity index (χ1) is 25.0. The highest BCUT2D eigenvalue weighted by molar-refractivity contribution is 7.91. The number of nitrogens with zero attached hydrogens (tertiary/aromatic N) is 3. The van der Waals surface area contributed by atoms with Gasteiger partial charge in [-0.05, 0) is 82.8 Å². The molecule has 290 valence electrons. The van der Waals surface area contributed by atoms with Crippen LogP contribution in [-0.2, 0) is 29.1 Å². The zero-order valence-electron chi connectivity index (χ0n) is 31.0. The van der Waals surface area contributed by atoms with Gasteiger partial charge in [0, 0.05) is 6.42 Å². The lowest BCUT2D eigenvalue weighted by Gasteiger charge is -2.33. The molecule has 6 rings (SSSR count). The Hall–Kier alpha value is -4.08. The molecule has 2 saturated heterocycles. The number of carbonyl (C=O) groups is 4. The molecular weight excluding hydrogens is 708 g/mol. The number of amides is 4. The van der Waals surface area contributed by atoms with E-state index in [0.717, 1.165) is 19.3 Å². The summed E-state index contributed by atoms with van der Waals surface area (Å²) in [5.41, 5.74) is -1.12. The van der Waals surface area contributed by atoms with Crippen LogP contribution in [0.4, 0.5) is 9.18 Å². The highest BCUT2D eigenvalue weighted by atomic mass is 32.2. The van der Waals surface area contributed by atoms with E-state index in [9.17, 15) is 32.0 Å². The molecule has 0 unspecified atom stereocenters. The zero-order chi connectivity index (χ0) is 38.3. The number of rotatable bonds is 7. The molecule has 0 spiro atoms. The van der Waals surface area contributed by atoms with Crippen molar-refractivity contribution in [2.24, 2.45) is 17.8 Å². The summed E-state index contributed by atoms with van der Waals surface area (Å²) in [5.74, 6) is -2.41. The van der Waals surface area contributed by atoms with Crippen molar-refractivity contribution in [3.05, 3.63) is 30.5 Å². The molecule has 4 fully saturated rings. The van der Waals surface area contributed by atoms with Crippen molar-refractivity contribution in [1.82, 2.24) is 30.2 Å². The summed E-state index contributed by atoms with van der Waals surface area (Å²) in [5, 5.41) is 5.64. The summed E-state index contributed by atoms with van der Waals surface area (Å²) in [4.78, 5) is 66.3. The first-order valence-corrected chi connectivity index (χ1v) is 20.1. The molecular formula is C37H51FN6O8S. The largest absolute Gasteiger partial charge is 0.471 e. The van der Waals surface area contributed by atoms with E-state index >= 15 is 0 Å². The Labute approximate surface area is 309 Å². The predicted octanol–water partition coefficient (Wildman–Crippen LogP) is 3.93. The number of fused-ring (bicyclic) bond motifs is 3. The fourth-order valence-corrected chi connectivity index (χ4v) is 9.21. The average Bonchev–Trinajstić information content (AvgIpc) is 3.99. The summed E-state index contributed by atoms with van der Waals surface area (Å²) in [6.45, 7) is 7.97. The fraction of sp³-hybridized carbons (Fsp3) is 0.676. The maximum Gasteiger partial charge on any atom is 0.408 e. The number of alkyl halides is 1. The van der Waals surface area contributed by atoms with Gasteiger partial charge in [-0.3, -0.25) is 19.1 Å². The third kappa shape index (κ3) is 8.36. The Morgan fingerprint density at radius 1 is 1.08 bits per heavy atom. The average molecular weight is 759 g/mol. The van der Waals surface area contributed by atoms with Gasteiger partial charge in [-0.2, -0.15) is 0 Å². The minimum absolute atomic E-state index is 0.0155. The molecule has 2 aliphatic heterocycles. The standard InChI is InChI=1S/C37H51FN6O8S/c1-22-10-6-7-11-24-18-37(24,33(47)43-53(49,50)36(21-38)14-15-36)42-31(45)28-17-25(51-29-19-39-26-12-8-9-13-27(26)40-29)20-44(28)32(46)30(23(2)16-22)41-34(48)52-35(3,4)5/h8-9,12-13,19,22-25,28,30H,6-7,10-11,14-18,20-21H2,1-5H3,(H,41,48)(H,42,45)(H,43,47)/t22-,23-,24-,25-,28+,30+,37-/m1/s1. The molecule has 7 atom stereocenters. The maximum absolute atomic E-state index is 14.6. The number of carbonyl (C=O) groups excluding carboxylic acids is 4. The first-order valence-electron chi connectivity index (χ1n) is 18.6. The van der Waals surface area contributed by atoms with Crippen LogP contribution < -0.4 is 20.1 Å². The maximum atomic E-state index is 14.6. The van der Waals surface area contributed by atoms with Crippen LogP contribution in [0, 0.1) is 17.8 Å². The van der Waals surface area contributed by atoms with Crippen molar-refractivity contribution in [3.8, 4) is 5.88 Å². The second-order valence-electron chi connectivity index (χ2n) is 16.5. The van der Waals surface area contributed by atoms with Gasteiger partial charge in [0.05, 0.1) is 23.8 Å². The van der Waals surface area contributed by atoms with Crippen molar-refractivity contribution >= 4 is 44.9 Å². The Bertz CT molecular complexity index is 1850. The number of halogens is 1. The van der Waals surface area contributed by atoms with Gasteiger partial charge >= 0.3 is 6.09 Å². The number of aromatic nitrogens is 2. The van der Waals surface area contributed by atoms with E-state index in [1.54, 1.807) is 26.8 Å². The Balaban J connectivity index is 1.32. The van der Waals surface area contributed by atoms with Crippen molar-refractivity contribution in [1.29, 1.82) is 0 Å². The normalized spacial score (nSPS) is 30.5. The summed E-state index contributed by atoms with van der Waals surface area (Å²) in [6, 6.07) is 5.05. The van der Waals surface area contributed by atoms with Crippen molar-refractivity contribution < 1.29 is 41.5 Å². The van der Waals surface area contributed by atoms with Crippen LogP contribution in [0.25, 0.3) is 11.0 Å². The lowest BCUT2D eigenvalue weighted by atomic mass is 9.87. The Morgan fingerprint density at radius 2 is 1.77 bits per heavy atom. The van der Waals surface area contributed by atoms with E-state index in [-0.39, 0.29) is 55.9 Å². The molecule has 2 aromatic rings. The molecule has 2 saturated carbocycles. The molecule has 1 aromatic carbocycles. The second kappa shape index (κ2) is 14.6. The number of hydrogen-bond acceptors (Lipinski definition) is 10. The smallest absolute Gasteiger partial charge is 0.408 e. The van der Waals surface area contributed by atoms with Gasteiger partial charge < -0.3 is 25.0 Å². The minimum atomic E-state index is -4.35. The Morgan fingerprint density at radius 3 is 2.45 bits per heavy atom. The highest BCUT2D eigenvalue weighted by Gasteiger charge is 2.64. The number of nitrogens with one attached hydrogen (secondary N) is 3. The van der Waals surface area contributed by atoms with E-state index in [0.29, 0.717) is 23.9 Å². The van der Waals surface area contributed by atoms with Crippen LogP contribution in [0.1, 0.15) is 92.4 Å². The number of hydrogen-bond donors (Lipinski definition) is 3. The topological polar surface area (TPSA) is 186 Å². The summed E-state index contributed by atoms with van der Waals surface area (Å²) < 4.78 is 52.3. The molecule has 53 heavy (non-hydrogen) atoms. The summed E-state index contributed by atoms with van der Waals surface area (Å²) in [6.07, 6.45) is 3.92. The van der Waals surface area contributed by atoms with Gasteiger partial charge in [-0.15, -0.1) is 0 Å². The van der Waals surface area contributed by atoms with Crippen LogP contribution in [0.15, 0.2) is 30.5 Å². The quantitative estimate of drug-likeness (QED) is 0.374. The molecule has 0 bridgehead atoms. The second-order valence-corrected chi connectivity index (χ2v) is 18.6. The molecule has 3 heterocycles. The molecule has 3 N–H and O–H groups in total. The molecule has 14 nitrogen and oxygen atoms in total. The predicted molar refractivity (Wildman–Crippen MR) is 193 cm³/mol. The monoisotopic (exact) mass is 758 g/mol. The lowest BCUT2D eigenvalue weighted by molar-refractivity contribution is -0.142. The van der Waals surface area contributed by atoms with Crippen LogP contribution in [0.2, 0.25) is 0 Å². The third-order valence-corrected chi connectivity index (χ3v) is 13.2. The zero-order valence-corrected chi connectivity index (χ0v) is 31.8. The van der Waals surface area contributed by atoms with Gasteiger partial charge in [-0.25, -0.2) is 27.6 Å². The van der Waals surface area contributed by atoms with Gasteiger partial charge in [0.25, 0.3) is 5.91 Å². The van der Waals surface area contributed by atoms with Crippen molar-refractivity contribution in [2.75, 3.05) is 13.2 Å². The van der Waals surface area contributed by atoms with E-state index in [4.69, 9.17) is 9.47 Å². The number of para-hydroxylation sites is 2. The number of sulfonamides is 1. The van der Waals surface area contributed by atoms with E-state index < -0.39 is 74.6 Å². The molecule has 0 radical (unpaired) electrons. The first kappa shape index (κ1) is 38.6. The van der Waals surface area contributed by atoms with Crippen LogP contribution in [0.3, 0.4) is 0 Å². The lowest BCUT2D eigenvalue weighted by Crippen LogP contribution is -2.59. The van der Waals surface area contributed by atoms with Gasteiger partial charge in [-0.1, -0.05) is 45.2 Å². The molecule has 1 aromatic heterocycles. The highest BCUT2D eigenvalue weighted by Crippen LogP contribution is 2.49. The fourth-order valence-electron chi connectivity index (χ4n) is 7.78. The Kier molecular flexibility index (Phi) is 10.7. The minimum Gasteiger partial charge on any atom is -0.471 e. The third-order valence-electron chi connectivity index (χ3n) is 11.0. The van der Waals surface area contributed by atoms with Crippen molar-refractivity contribution in [2.45, 2.75) is 126 Å². The van der Waals surface area contributed by atoms with E-state index in [1.165, 1.54) is 11.1 Å². The summed E-state index contributed by atoms with van der Waals surface area (Å²) in [7, 11) is -4.35. The van der Waals surface area contributed by atoms with Gasteiger partial charge in [0.1, 0.15) is 40.7 Å².